The van der Waals surface area contributed by atoms with Crippen molar-refractivity contribution >= 4 is 10.9 Å². The maximum atomic E-state index is 13.4. The van der Waals surface area contributed by atoms with Gasteiger partial charge in [0, 0.05) is 27.7 Å². The van der Waals surface area contributed by atoms with Crippen molar-refractivity contribution in [2.45, 2.75) is 32.3 Å². The van der Waals surface area contributed by atoms with E-state index in [1.54, 1.807) is 18.2 Å². The van der Waals surface area contributed by atoms with Crippen molar-refractivity contribution in [1.82, 2.24) is 4.57 Å². The van der Waals surface area contributed by atoms with Crippen LogP contribution in [0.25, 0.3) is 16.6 Å². The molecule has 0 fully saturated rings. The number of hydrogen-bond donors (Lipinski definition) is 1. The quantitative estimate of drug-likeness (QED) is 0.694. The molecule has 1 aromatic heterocycles. The molecule has 2 aromatic carbocycles. The lowest BCUT2D eigenvalue weighted by Gasteiger charge is -2.35. The van der Waals surface area contributed by atoms with Gasteiger partial charge in [0.25, 0.3) is 0 Å². The van der Waals surface area contributed by atoms with Gasteiger partial charge in [-0.3, -0.25) is 0 Å². The van der Waals surface area contributed by atoms with Crippen LogP contribution in [0.5, 0.6) is 5.75 Å². The van der Waals surface area contributed by atoms with Gasteiger partial charge in [-0.15, -0.1) is 0 Å². The lowest BCUT2D eigenvalue weighted by molar-refractivity contribution is 0.0168. The van der Waals surface area contributed by atoms with E-state index in [9.17, 15) is 9.50 Å². The first kappa shape index (κ1) is 15.2. The summed E-state index contributed by atoms with van der Waals surface area (Å²) in [5.74, 6) is -0.0133. The lowest BCUT2D eigenvalue weighted by atomic mass is 9.83. The molecule has 0 bridgehead atoms. The maximum absolute atomic E-state index is 13.4. The second-order valence-electron chi connectivity index (χ2n) is 7.08. The van der Waals surface area contributed by atoms with Gasteiger partial charge in [-0.05, 0) is 43.3 Å². The number of halogens is 1. The third kappa shape index (κ3) is 2.06. The molecule has 1 aliphatic rings. The standard InChI is InChI=1S/C20H20FNO2/c1-12-17-18-15(5-4-6-16(18)23)22(14-9-7-13(21)8-10-14)19(17)20(2,3)11-24-12/h4-10,12,23H,11H2,1-3H3. The number of phenolic OH excluding ortho intramolecular Hbond substituents is 1. The van der Waals surface area contributed by atoms with E-state index in [0.717, 1.165) is 27.8 Å². The van der Waals surface area contributed by atoms with Crippen LogP contribution < -0.4 is 0 Å². The van der Waals surface area contributed by atoms with E-state index in [-0.39, 0.29) is 23.1 Å². The summed E-state index contributed by atoms with van der Waals surface area (Å²) < 4.78 is 21.5. The van der Waals surface area contributed by atoms with Crippen LogP contribution in [0.3, 0.4) is 0 Å². The van der Waals surface area contributed by atoms with E-state index >= 15 is 0 Å². The molecule has 3 nitrogen and oxygen atoms in total. The summed E-state index contributed by atoms with van der Waals surface area (Å²) in [6, 6.07) is 12.0. The van der Waals surface area contributed by atoms with Crippen molar-refractivity contribution in [3.63, 3.8) is 0 Å². The van der Waals surface area contributed by atoms with E-state index in [1.165, 1.54) is 12.1 Å². The number of rotatable bonds is 1. The highest BCUT2D eigenvalue weighted by atomic mass is 19.1. The van der Waals surface area contributed by atoms with Gasteiger partial charge < -0.3 is 14.4 Å². The molecule has 0 spiro atoms. The first-order chi connectivity index (χ1) is 11.4. The first-order valence-electron chi connectivity index (χ1n) is 8.14. The summed E-state index contributed by atoms with van der Waals surface area (Å²) in [5.41, 5.74) is 3.71. The van der Waals surface area contributed by atoms with Gasteiger partial charge >= 0.3 is 0 Å². The van der Waals surface area contributed by atoms with Crippen LogP contribution in [-0.2, 0) is 10.2 Å². The highest BCUT2D eigenvalue weighted by Gasteiger charge is 2.38. The minimum atomic E-state index is -0.261. The summed E-state index contributed by atoms with van der Waals surface area (Å²) in [6.07, 6.45) is -0.106. The third-order valence-corrected chi connectivity index (χ3v) is 4.84. The van der Waals surface area contributed by atoms with Crippen molar-refractivity contribution < 1.29 is 14.2 Å². The maximum Gasteiger partial charge on any atom is 0.125 e. The summed E-state index contributed by atoms with van der Waals surface area (Å²) in [6.45, 7) is 6.87. The Balaban J connectivity index is 2.17. The average Bonchev–Trinajstić information content (AvgIpc) is 2.91. The Morgan fingerprint density at radius 1 is 1.17 bits per heavy atom. The molecule has 1 unspecified atom stereocenters. The molecule has 4 heteroatoms. The van der Waals surface area contributed by atoms with Crippen molar-refractivity contribution in [2.75, 3.05) is 6.61 Å². The fourth-order valence-electron chi connectivity index (χ4n) is 3.76. The molecule has 1 aliphatic heterocycles. The lowest BCUT2D eigenvalue weighted by Crippen LogP contribution is -2.33. The minimum absolute atomic E-state index is 0.106. The largest absolute Gasteiger partial charge is 0.507 e. The Morgan fingerprint density at radius 3 is 2.58 bits per heavy atom. The van der Waals surface area contributed by atoms with E-state index in [0.29, 0.717) is 6.61 Å². The first-order valence-corrected chi connectivity index (χ1v) is 8.14. The SMILES string of the molecule is CC1OCC(C)(C)c2c1c1c(O)cccc1n2-c1ccc(F)cc1. The molecule has 0 aliphatic carbocycles. The van der Waals surface area contributed by atoms with Crippen LogP contribution in [-0.4, -0.2) is 16.3 Å². The monoisotopic (exact) mass is 325 g/mol. The van der Waals surface area contributed by atoms with E-state index in [1.807, 2.05) is 19.1 Å². The number of fused-ring (bicyclic) bond motifs is 3. The molecule has 0 amide bonds. The number of aromatic hydroxyl groups is 1. The molecular formula is C20H20FNO2. The van der Waals surface area contributed by atoms with Crippen molar-refractivity contribution in [3.05, 3.63) is 59.5 Å². The Hall–Kier alpha value is -2.33. The number of aromatic nitrogens is 1. The molecule has 3 aromatic rings. The number of phenols is 1. The van der Waals surface area contributed by atoms with Crippen LogP contribution in [0.2, 0.25) is 0 Å². The summed E-state index contributed by atoms with van der Waals surface area (Å²) in [7, 11) is 0. The van der Waals surface area contributed by atoms with Gasteiger partial charge in [-0.2, -0.15) is 0 Å². The molecule has 0 saturated heterocycles. The fourth-order valence-corrected chi connectivity index (χ4v) is 3.76. The van der Waals surface area contributed by atoms with Crippen LogP contribution in [0.15, 0.2) is 42.5 Å². The van der Waals surface area contributed by atoms with Crippen molar-refractivity contribution in [3.8, 4) is 11.4 Å². The van der Waals surface area contributed by atoms with Crippen LogP contribution in [0, 0.1) is 5.82 Å². The molecule has 0 saturated carbocycles. The Morgan fingerprint density at radius 2 is 1.88 bits per heavy atom. The molecule has 2 heterocycles. The Labute approximate surface area is 140 Å². The third-order valence-electron chi connectivity index (χ3n) is 4.84. The van der Waals surface area contributed by atoms with E-state index < -0.39 is 0 Å². The van der Waals surface area contributed by atoms with Gasteiger partial charge in [-0.1, -0.05) is 19.9 Å². The molecule has 24 heavy (non-hydrogen) atoms. The zero-order valence-corrected chi connectivity index (χ0v) is 14.0. The second kappa shape index (κ2) is 5.08. The minimum Gasteiger partial charge on any atom is -0.507 e. The van der Waals surface area contributed by atoms with Crippen LogP contribution in [0.4, 0.5) is 4.39 Å². The number of hydrogen-bond acceptors (Lipinski definition) is 2. The van der Waals surface area contributed by atoms with Crippen molar-refractivity contribution in [1.29, 1.82) is 0 Å². The smallest absolute Gasteiger partial charge is 0.125 e. The predicted molar refractivity (Wildman–Crippen MR) is 92.3 cm³/mol. The summed E-state index contributed by atoms with van der Waals surface area (Å²) in [4.78, 5) is 0. The van der Waals surface area contributed by atoms with Gasteiger partial charge in [0.15, 0.2) is 0 Å². The Bertz CT molecular complexity index is 925. The zero-order valence-electron chi connectivity index (χ0n) is 14.0. The van der Waals surface area contributed by atoms with Gasteiger partial charge in [-0.25, -0.2) is 4.39 Å². The number of nitrogens with zero attached hydrogens (tertiary/aromatic N) is 1. The highest BCUT2D eigenvalue weighted by molar-refractivity contribution is 5.93. The molecule has 0 radical (unpaired) electrons. The van der Waals surface area contributed by atoms with Gasteiger partial charge in [0.2, 0.25) is 0 Å². The number of ether oxygens (including phenoxy) is 1. The highest BCUT2D eigenvalue weighted by Crippen LogP contribution is 2.47. The molecule has 4 rings (SSSR count). The fraction of sp³-hybridized carbons (Fsp3) is 0.300. The Kier molecular flexibility index (Phi) is 3.22. The van der Waals surface area contributed by atoms with Gasteiger partial charge in [0.05, 0.1) is 18.2 Å². The number of benzene rings is 2. The molecule has 124 valence electrons. The molecule has 1 N–H and O–H groups in total. The van der Waals surface area contributed by atoms with E-state index in [4.69, 9.17) is 4.74 Å². The summed E-state index contributed by atoms with van der Waals surface area (Å²) in [5, 5.41) is 11.3. The zero-order chi connectivity index (χ0) is 17.1. The average molecular weight is 325 g/mol. The topological polar surface area (TPSA) is 34.4 Å². The summed E-state index contributed by atoms with van der Waals surface area (Å²) >= 11 is 0. The van der Waals surface area contributed by atoms with Gasteiger partial charge in [0.1, 0.15) is 11.6 Å². The van der Waals surface area contributed by atoms with Crippen LogP contribution in [0.1, 0.15) is 38.1 Å². The predicted octanol–water partition coefficient (Wildman–Crippen LogP) is 4.84. The second-order valence-corrected chi connectivity index (χ2v) is 7.08. The molecular weight excluding hydrogens is 305 g/mol. The normalized spacial score (nSPS) is 19.4. The molecule has 1 atom stereocenters. The van der Waals surface area contributed by atoms with Crippen molar-refractivity contribution in [2.24, 2.45) is 0 Å². The van der Waals surface area contributed by atoms with E-state index in [2.05, 4.69) is 18.4 Å². The van der Waals surface area contributed by atoms with Crippen LogP contribution >= 0.6 is 0 Å².